The summed E-state index contributed by atoms with van der Waals surface area (Å²) in [6.45, 7) is 0. The van der Waals surface area contributed by atoms with Crippen LogP contribution in [-0.2, 0) is 0 Å². The van der Waals surface area contributed by atoms with Gasteiger partial charge in [0.05, 0.1) is 22.2 Å². The molecule has 3 aromatic heterocycles. The fraction of sp³-hybridized carbons (Fsp3) is 0. The quantitative estimate of drug-likeness (QED) is 0.205. The Hall–Kier alpha value is -5.58. The Kier molecular flexibility index (Phi) is 4.87. The van der Waals surface area contributed by atoms with E-state index in [-0.39, 0.29) is 0 Å². The number of hydrogen-bond acceptors (Lipinski definition) is 3. The number of thiophene rings is 1. The zero-order valence-electron chi connectivity index (χ0n) is 23.5. The SMILES string of the molecule is c1ccc2cc(-c3nc(-n4c5ccccc5c5cc6c(ccc7sc8ccccc8c76)cc54)nc4ccccc34)ccc2c1. The molecule has 10 aromatic rings. The summed E-state index contributed by atoms with van der Waals surface area (Å²) in [7, 11) is 0. The predicted molar refractivity (Wildman–Crippen MR) is 187 cm³/mol. The van der Waals surface area contributed by atoms with Crippen molar-refractivity contribution in [3.05, 3.63) is 140 Å². The first kappa shape index (κ1) is 23.9. The van der Waals surface area contributed by atoms with E-state index in [2.05, 4.69) is 144 Å². The van der Waals surface area contributed by atoms with Gasteiger partial charge in [0.2, 0.25) is 5.95 Å². The van der Waals surface area contributed by atoms with Crippen molar-refractivity contribution in [3.8, 4) is 17.2 Å². The molecule has 3 nitrogen and oxygen atoms in total. The Labute approximate surface area is 256 Å². The van der Waals surface area contributed by atoms with Crippen molar-refractivity contribution in [1.82, 2.24) is 14.5 Å². The first-order valence-corrected chi connectivity index (χ1v) is 15.7. The van der Waals surface area contributed by atoms with Crippen molar-refractivity contribution in [2.75, 3.05) is 0 Å². The third-order valence-electron chi connectivity index (χ3n) is 8.96. The van der Waals surface area contributed by atoms with Crippen molar-refractivity contribution < 1.29 is 0 Å². The molecule has 0 aliphatic rings. The molecule has 0 aliphatic carbocycles. The fourth-order valence-electron chi connectivity index (χ4n) is 6.95. The molecule has 3 heterocycles. The molecule has 0 N–H and O–H groups in total. The molecule has 44 heavy (non-hydrogen) atoms. The molecule has 0 amide bonds. The van der Waals surface area contributed by atoms with E-state index in [9.17, 15) is 0 Å². The average Bonchev–Trinajstić information content (AvgIpc) is 3.62. The summed E-state index contributed by atoms with van der Waals surface area (Å²) < 4.78 is 4.89. The molecule has 0 spiro atoms. The number of hydrogen-bond donors (Lipinski definition) is 0. The molecule has 0 saturated heterocycles. The van der Waals surface area contributed by atoms with Gasteiger partial charge in [-0.15, -0.1) is 11.3 Å². The molecule has 0 bridgehead atoms. The summed E-state index contributed by atoms with van der Waals surface area (Å²) in [4.78, 5) is 10.5. The summed E-state index contributed by atoms with van der Waals surface area (Å²) in [6.07, 6.45) is 0. The molecule has 10 rings (SSSR count). The molecule has 4 heteroatoms. The lowest BCUT2D eigenvalue weighted by molar-refractivity contribution is 1.01. The maximum atomic E-state index is 5.34. The fourth-order valence-corrected chi connectivity index (χ4v) is 8.07. The zero-order valence-corrected chi connectivity index (χ0v) is 24.3. The van der Waals surface area contributed by atoms with Crippen LogP contribution in [0.3, 0.4) is 0 Å². The van der Waals surface area contributed by atoms with Crippen molar-refractivity contribution >= 4 is 85.8 Å². The molecule has 204 valence electrons. The van der Waals surface area contributed by atoms with Crippen LogP contribution in [0.15, 0.2) is 140 Å². The van der Waals surface area contributed by atoms with Crippen LogP contribution in [0.25, 0.3) is 91.6 Å². The second-order valence-corrected chi connectivity index (χ2v) is 12.5. The minimum absolute atomic E-state index is 0.680. The smallest absolute Gasteiger partial charge is 0.235 e. The summed E-state index contributed by atoms with van der Waals surface area (Å²) in [5, 5.41) is 11.0. The largest absolute Gasteiger partial charge is 0.278 e. The molecule has 0 unspecified atom stereocenters. The average molecular weight is 578 g/mol. The molecular weight excluding hydrogens is 555 g/mol. The highest BCUT2D eigenvalue weighted by atomic mass is 32.1. The van der Waals surface area contributed by atoms with Crippen molar-refractivity contribution in [3.63, 3.8) is 0 Å². The Morgan fingerprint density at radius 3 is 2.14 bits per heavy atom. The van der Waals surface area contributed by atoms with Crippen LogP contribution in [0.5, 0.6) is 0 Å². The summed E-state index contributed by atoms with van der Waals surface area (Å²) >= 11 is 1.86. The third-order valence-corrected chi connectivity index (χ3v) is 10.1. The predicted octanol–water partition coefficient (Wildman–Crippen LogP) is 11.1. The first-order valence-electron chi connectivity index (χ1n) is 14.8. The summed E-state index contributed by atoms with van der Waals surface area (Å²) in [5.41, 5.74) is 5.16. The molecule has 0 saturated carbocycles. The van der Waals surface area contributed by atoms with Gasteiger partial charge in [0, 0.05) is 41.9 Å². The second-order valence-electron chi connectivity index (χ2n) is 11.4. The lowest BCUT2D eigenvalue weighted by Gasteiger charge is -2.12. The normalized spacial score (nSPS) is 12.1. The van der Waals surface area contributed by atoms with Gasteiger partial charge in [-0.2, -0.15) is 0 Å². The third kappa shape index (κ3) is 3.37. The van der Waals surface area contributed by atoms with E-state index >= 15 is 0 Å². The summed E-state index contributed by atoms with van der Waals surface area (Å²) in [5.74, 6) is 0.680. The van der Waals surface area contributed by atoms with Crippen LogP contribution in [0, 0.1) is 0 Å². The molecule has 0 fully saturated rings. The van der Waals surface area contributed by atoms with E-state index in [1.54, 1.807) is 0 Å². The lowest BCUT2D eigenvalue weighted by Crippen LogP contribution is -2.03. The van der Waals surface area contributed by atoms with Crippen LogP contribution < -0.4 is 0 Å². The van der Waals surface area contributed by atoms with Gasteiger partial charge in [-0.1, -0.05) is 97.1 Å². The van der Waals surface area contributed by atoms with Crippen molar-refractivity contribution in [2.45, 2.75) is 0 Å². The number of benzene rings is 7. The van der Waals surface area contributed by atoms with Gasteiger partial charge in [-0.25, -0.2) is 9.97 Å². The van der Waals surface area contributed by atoms with E-state index in [0.29, 0.717) is 5.95 Å². The van der Waals surface area contributed by atoms with Crippen LogP contribution in [0.1, 0.15) is 0 Å². The Morgan fingerprint density at radius 1 is 0.455 bits per heavy atom. The van der Waals surface area contributed by atoms with Gasteiger partial charge < -0.3 is 0 Å². The van der Waals surface area contributed by atoms with Gasteiger partial charge in [0.1, 0.15) is 0 Å². The highest BCUT2D eigenvalue weighted by molar-refractivity contribution is 7.26. The standard InChI is InChI=1S/C40H23N3S/c1-2-10-25-21-27(18-17-24(25)9-1)39-29-12-3-6-14-33(29)41-40(42-39)43-34-15-7-4-11-28(34)32-23-31-26(22-35(32)43)19-20-37-38(31)30-13-5-8-16-36(30)44-37/h1-23H. The minimum Gasteiger partial charge on any atom is -0.278 e. The number of aromatic nitrogens is 3. The summed E-state index contributed by atoms with van der Waals surface area (Å²) in [6, 6.07) is 50.0. The second kappa shape index (κ2) is 8.96. The van der Waals surface area contributed by atoms with Gasteiger partial charge in [-0.3, -0.25) is 4.57 Å². The Balaban J connectivity index is 1.30. The molecular formula is C40H23N3S. The zero-order chi connectivity index (χ0) is 28.8. The van der Waals surface area contributed by atoms with Crippen LogP contribution in [-0.4, -0.2) is 14.5 Å². The van der Waals surface area contributed by atoms with E-state index in [4.69, 9.17) is 9.97 Å². The van der Waals surface area contributed by atoms with Crippen molar-refractivity contribution in [1.29, 1.82) is 0 Å². The van der Waals surface area contributed by atoms with Crippen LogP contribution in [0.2, 0.25) is 0 Å². The topological polar surface area (TPSA) is 30.7 Å². The Bertz CT molecular complexity index is 2790. The highest BCUT2D eigenvalue weighted by Crippen LogP contribution is 2.42. The van der Waals surface area contributed by atoms with Gasteiger partial charge >= 0.3 is 0 Å². The maximum absolute atomic E-state index is 5.34. The van der Waals surface area contributed by atoms with E-state index in [1.807, 2.05) is 11.3 Å². The van der Waals surface area contributed by atoms with E-state index in [1.165, 1.54) is 52.5 Å². The Morgan fingerprint density at radius 2 is 1.20 bits per heavy atom. The number of fused-ring (bicyclic) bond motifs is 10. The number of para-hydroxylation sites is 2. The van der Waals surface area contributed by atoms with E-state index in [0.717, 1.165) is 33.2 Å². The first-order chi connectivity index (χ1) is 21.8. The van der Waals surface area contributed by atoms with Gasteiger partial charge in [-0.05, 0) is 64.0 Å². The number of rotatable bonds is 2. The number of nitrogens with zero attached hydrogens (tertiary/aromatic N) is 3. The van der Waals surface area contributed by atoms with Crippen LogP contribution >= 0.6 is 11.3 Å². The van der Waals surface area contributed by atoms with Crippen LogP contribution in [0.4, 0.5) is 0 Å². The van der Waals surface area contributed by atoms with E-state index < -0.39 is 0 Å². The highest BCUT2D eigenvalue weighted by Gasteiger charge is 2.19. The van der Waals surface area contributed by atoms with Gasteiger partial charge in [0.15, 0.2) is 0 Å². The monoisotopic (exact) mass is 577 g/mol. The molecule has 0 radical (unpaired) electrons. The maximum Gasteiger partial charge on any atom is 0.235 e. The lowest BCUT2D eigenvalue weighted by atomic mass is 10.0. The molecule has 7 aromatic carbocycles. The van der Waals surface area contributed by atoms with Crippen molar-refractivity contribution in [2.24, 2.45) is 0 Å². The molecule has 0 aliphatic heterocycles. The molecule has 0 atom stereocenters. The van der Waals surface area contributed by atoms with Gasteiger partial charge in [0.25, 0.3) is 0 Å². The minimum atomic E-state index is 0.680.